The summed E-state index contributed by atoms with van der Waals surface area (Å²) in [6.45, 7) is 0.222. The molecule has 0 bridgehead atoms. The van der Waals surface area contributed by atoms with Crippen molar-refractivity contribution in [3.8, 4) is 0 Å². The third-order valence-corrected chi connectivity index (χ3v) is 0.224. The molecule has 0 aromatic heterocycles. The molecule has 0 amide bonds. The predicted molar refractivity (Wildman–Crippen MR) is 38.4 cm³/mol. The van der Waals surface area contributed by atoms with Gasteiger partial charge in [-0.1, -0.05) is 0 Å². The van der Waals surface area contributed by atoms with Crippen LogP contribution in [-0.2, 0) is 18.8 Å². The van der Waals surface area contributed by atoms with Gasteiger partial charge in [-0.3, -0.25) is 0 Å². The van der Waals surface area contributed by atoms with E-state index in [1.54, 1.807) is 18.8 Å². The third-order valence-electron chi connectivity index (χ3n) is 0.224. The molecule has 0 saturated carbocycles. The molecule has 0 aliphatic rings. The second-order valence-corrected chi connectivity index (χ2v) is 0.947. The summed E-state index contributed by atoms with van der Waals surface area (Å²) in [6.07, 6.45) is 0. The predicted octanol–water partition coefficient (Wildman–Crippen LogP) is 0.749. The molecule has 69 valence electrons. The largest absolute Gasteiger partial charge is 0.676 e. The van der Waals surface area contributed by atoms with Crippen molar-refractivity contribution in [1.29, 1.82) is 0 Å². The molecule has 0 atom stereocenters. The maximum Gasteiger partial charge on any atom is 0.0241 e. The summed E-state index contributed by atoms with van der Waals surface area (Å²) in [6, 6.07) is 0. The molecular weight excluding hydrogens is 339 g/mol. The molecule has 0 aromatic rings. The van der Waals surface area contributed by atoms with Crippen molar-refractivity contribution < 1.29 is 29.0 Å². The Morgan fingerprint density at radius 2 is 1.10 bits per heavy atom. The molecule has 0 aromatic carbocycles. The second kappa shape index (κ2) is 32.9. The van der Waals surface area contributed by atoms with Gasteiger partial charge < -0.3 is 21.7 Å². The first-order valence-corrected chi connectivity index (χ1v) is 5.27. The zero-order valence-corrected chi connectivity index (χ0v) is 8.45. The monoisotopic (exact) mass is 350 g/mol. The van der Waals surface area contributed by atoms with Crippen LogP contribution in [0.15, 0.2) is 0 Å². The zero-order chi connectivity index (χ0) is 8.83. The van der Waals surface area contributed by atoms with Gasteiger partial charge in [0.15, 0.2) is 0 Å². The third kappa shape index (κ3) is 67.9. The van der Waals surface area contributed by atoms with Gasteiger partial charge in [-0.2, -0.15) is 0 Å². The first-order valence-electron chi connectivity index (χ1n) is 2.46. The summed E-state index contributed by atoms with van der Waals surface area (Å²) in [5.74, 6) is 0. The Kier molecular flexibility index (Phi) is 56.1. The molecule has 0 saturated heterocycles. The van der Waals surface area contributed by atoms with Crippen molar-refractivity contribution in [2.45, 2.75) is 0 Å². The first kappa shape index (κ1) is 17.1. The number of hydrogen-bond donors (Lipinski definition) is 2. The van der Waals surface area contributed by atoms with Crippen LogP contribution in [0.4, 0.5) is 0 Å². The van der Waals surface area contributed by atoms with E-state index in [1.165, 1.54) is 0 Å². The molecule has 0 radical (unpaired) electrons. The van der Waals surface area contributed by atoms with Crippen molar-refractivity contribution in [1.82, 2.24) is 0 Å². The Morgan fingerprint density at radius 3 is 1.10 bits per heavy atom. The van der Waals surface area contributed by atoms with Gasteiger partial charge in [-0.15, -0.1) is 13.1 Å². The van der Waals surface area contributed by atoms with Gasteiger partial charge in [0.1, 0.15) is 0 Å². The van der Waals surface area contributed by atoms with E-state index in [1.807, 2.05) is 0 Å². The van der Waals surface area contributed by atoms with Gasteiger partial charge in [0.25, 0.3) is 0 Å². The van der Waals surface area contributed by atoms with Crippen LogP contribution < -0.4 is 0 Å². The summed E-state index contributed by atoms with van der Waals surface area (Å²) in [5.41, 5.74) is 12.4. The summed E-state index contributed by atoms with van der Waals surface area (Å²) in [5, 5.41) is 15.4. The van der Waals surface area contributed by atoms with E-state index < -0.39 is 0 Å². The van der Waals surface area contributed by atoms with Crippen LogP contribution in [0.1, 0.15) is 0 Å². The molecule has 0 spiro atoms. The Bertz CT molecular complexity index is 29.2. The summed E-state index contributed by atoms with van der Waals surface area (Å²) in [7, 11) is 4.61. The van der Waals surface area contributed by atoms with Gasteiger partial charge in [0, 0.05) is 13.2 Å². The Labute approximate surface area is 76.4 Å². The van der Waals surface area contributed by atoms with Gasteiger partial charge in [-0.25, -0.2) is 0 Å². The first-order chi connectivity index (χ1) is 4.83. The number of hydrogen-bond acceptors (Lipinski definition) is 2. The van der Waals surface area contributed by atoms with E-state index in [4.69, 9.17) is 21.7 Å². The molecule has 0 aliphatic heterocycles. The normalized spacial score (nSPS) is 6.70. The summed E-state index contributed by atoms with van der Waals surface area (Å²) < 4.78 is 0. The van der Waals surface area contributed by atoms with Crippen LogP contribution in [-0.4, -0.2) is 36.5 Å². The van der Waals surface area contributed by atoms with Crippen molar-refractivity contribution in [3.05, 3.63) is 11.5 Å². The van der Waals surface area contributed by atoms with E-state index in [2.05, 4.69) is 9.42 Å². The fourth-order valence-corrected chi connectivity index (χ4v) is 0. The van der Waals surface area contributed by atoms with E-state index in [-0.39, 0.29) is 26.3 Å². The fraction of sp³-hybridized carbons (Fsp3) is 1.00. The maximum atomic E-state index is 7.69. The SMILES string of the molecule is [Cl][Pt].[NH-]CCO.[NH-]CCO. The van der Waals surface area contributed by atoms with Crippen LogP contribution in [0.5, 0.6) is 0 Å². The molecule has 6 heteroatoms. The molecule has 0 fully saturated rings. The molecule has 0 aliphatic carbocycles. The van der Waals surface area contributed by atoms with Gasteiger partial charge in [0.05, 0.1) is 0 Å². The van der Waals surface area contributed by atoms with E-state index >= 15 is 0 Å². The second-order valence-electron chi connectivity index (χ2n) is 0.947. The number of aliphatic hydroxyl groups excluding tert-OH is 2. The zero-order valence-electron chi connectivity index (χ0n) is 5.42. The average Bonchev–Trinajstić information content (AvgIpc) is 2.08. The minimum atomic E-state index is -0.0139. The topological polar surface area (TPSA) is 88.1 Å². The minimum absolute atomic E-state index is 0.0139. The van der Waals surface area contributed by atoms with E-state index in [0.29, 0.717) is 0 Å². The maximum absolute atomic E-state index is 7.69. The number of nitrogens with one attached hydrogen (secondary N) is 2. The van der Waals surface area contributed by atoms with Gasteiger partial charge in [-0.05, 0) is 0 Å². The molecule has 4 nitrogen and oxygen atoms in total. The van der Waals surface area contributed by atoms with Crippen LogP contribution in [0, 0.1) is 0 Å². The molecule has 0 heterocycles. The van der Waals surface area contributed by atoms with Crippen LogP contribution in [0.3, 0.4) is 0 Å². The van der Waals surface area contributed by atoms with Crippen molar-refractivity contribution in [3.63, 3.8) is 0 Å². The van der Waals surface area contributed by atoms with Gasteiger partial charge in [0.2, 0.25) is 0 Å². The van der Waals surface area contributed by atoms with Crippen molar-refractivity contribution >= 4 is 9.42 Å². The fourth-order valence-electron chi connectivity index (χ4n) is 0. The molecular formula is C4H12ClN2O2Pt-2. The van der Waals surface area contributed by atoms with Crippen molar-refractivity contribution in [2.75, 3.05) is 26.3 Å². The molecule has 4 N–H and O–H groups in total. The summed E-state index contributed by atoms with van der Waals surface area (Å²) >= 11 is 1.61. The standard InChI is InChI=1S/2C2H6NO.ClH.Pt/c2*3-1-2-4;;/h2*3-4H,1-2H2;1H;/q2*-1;;+1/p-1. The number of rotatable bonds is 2. The molecule has 0 unspecified atom stereocenters. The van der Waals surface area contributed by atoms with Gasteiger partial charge >= 0.3 is 28.2 Å². The van der Waals surface area contributed by atoms with Crippen LogP contribution in [0.2, 0.25) is 0 Å². The Hall–Kier alpha value is 0.818. The quantitative estimate of drug-likeness (QED) is 0.769. The number of aliphatic hydroxyl groups is 2. The smallest absolute Gasteiger partial charge is 0.0241 e. The molecule has 10 heavy (non-hydrogen) atoms. The number of halogens is 1. The summed E-state index contributed by atoms with van der Waals surface area (Å²) in [4.78, 5) is 0. The molecule has 0 rings (SSSR count). The van der Waals surface area contributed by atoms with Crippen molar-refractivity contribution in [2.24, 2.45) is 0 Å². The minimum Gasteiger partial charge on any atom is -0.676 e. The van der Waals surface area contributed by atoms with E-state index in [9.17, 15) is 0 Å². The Morgan fingerprint density at radius 1 is 1.00 bits per heavy atom. The van der Waals surface area contributed by atoms with Crippen LogP contribution >= 0.6 is 9.42 Å². The average molecular weight is 351 g/mol. The Balaban J connectivity index is -0.0000000787. The van der Waals surface area contributed by atoms with E-state index in [0.717, 1.165) is 0 Å². The van der Waals surface area contributed by atoms with Crippen LogP contribution in [0.25, 0.3) is 11.5 Å².